The molecular formula is C82H50O51. The van der Waals surface area contributed by atoms with Crippen LogP contribution in [0.15, 0.2) is 30.3 Å². The van der Waals surface area contributed by atoms with E-state index in [1.165, 1.54) is 0 Å². The van der Waals surface area contributed by atoms with Crippen molar-refractivity contribution in [3.05, 3.63) is 103 Å². The van der Waals surface area contributed by atoms with Crippen molar-refractivity contribution in [1.82, 2.24) is 0 Å². The molecule has 0 fully saturated rings. The molecule has 0 spiro atoms. The summed E-state index contributed by atoms with van der Waals surface area (Å²) in [5.74, 6) is -84.2. The third-order valence-electron chi connectivity index (χ3n) is 23.4. The van der Waals surface area contributed by atoms with Crippen LogP contribution in [0.1, 0.15) is 132 Å². The number of phenols is 30. The molecule has 0 aliphatic carbocycles. The third-order valence-corrected chi connectivity index (χ3v) is 23.4. The molecule has 0 amide bonds. The van der Waals surface area contributed by atoms with E-state index < -0.39 is 445 Å². The Morgan fingerprint density at radius 2 is 0.391 bits per heavy atom. The van der Waals surface area contributed by atoms with Crippen LogP contribution >= 0.6 is 0 Å². The highest BCUT2D eigenvalue weighted by atomic mass is 16.7. The van der Waals surface area contributed by atoms with Gasteiger partial charge in [-0.15, -0.1) is 0 Å². The van der Waals surface area contributed by atoms with Crippen LogP contribution in [0.2, 0.25) is 0 Å². The first kappa shape index (κ1) is 84.7. The molecule has 0 radical (unpaired) electrons. The Kier molecular flexibility index (Phi) is 18.1. The molecule has 0 unspecified atom stereocenters. The minimum atomic E-state index is -3.66. The van der Waals surface area contributed by atoms with E-state index in [1.54, 1.807) is 0 Å². The summed E-state index contributed by atoms with van der Waals surface area (Å²) in [5.41, 5.74) is -42.6. The van der Waals surface area contributed by atoms with Crippen LogP contribution in [0.4, 0.5) is 0 Å². The van der Waals surface area contributed by atoms with Crippen molar-refractivity contribution in [1.29, 1.82) is 0 Å². The Bertz CT molecular complexity index is 7280. The lowest BCUT2D eigenvalue weighted by molar-refractivity contribution is -0.154. The zero-order valence-electron chi connectivity index (χ0n) is 64.6. The second-order valence-corrected chi connectivity index (χ2v) is 30.3. The van der Waals surface area contributed by atoms with Crippen molar-refractivity contribution < 1.29 is 254 Å². The highest BCUT2D eigenvalue weighted by Gasteiger charge is 2.61. The molecular weight excluding hydrogens is 1800 g/mol. The monoisotopic (exact) mass is 1850 g/mol. The number of hydrogen-bond acceptors (Lipinski definition) is 51. The molecule has 10 aromatic rings. The SMILES string of the molecule is O=C1OC[C@H]2OC(=O)c3cc(O)c(O)c(O)c3-c3c(O)c(O)c(O)c4c3C(=O)O[C@H]([C@H]3OC(=O)c5c-4c(O)c(O)c(O)c5[C@H]3c3c(O)c(O)c(O)c4c3C(=O)OC[C@H]3OC(=O)c5cc(O)c(O)c(O)c5-c5c(O)c(O)c(O)c6c5C(=O)O[C@H]([C@H]5OC(=O)c7c-6c(O)c(O)c(O)c7[C@H]5O)[C@@H]3OC(=O)c3cc(O)c(O)c(O)c3-4)[C@@H]2OC(=O)c2cc(O)c(O)c(O)c2-c2c1cc(O)c(O)c2O. The van der Waals surface area contributed by atoms with Crippen molar-refractivity contribution >= 4 is 59.7 Å². The van der Waals surface area contributed by atoms with E-state index in [9.17, 15) is 168 Å². The highest BCUT2D eigenvalue weighted by molar-refractivity contribution is 6.20. The molecule has 51 nitrogen and oxygen atoms in total. The van der Waals surface area contributed by atoms with Gasteiger partial charge in [-0.25, -0.2) is 47.9 Å². The van der Waals surface area contributed by atoms with Gasteiger partial charge in [0.05, 0.1) is 61.6 Å². The lowest BCUT2D eigenvalue weighted by Crippen LogP contribution is -2.56. The maximum Gasteiger partial charge on any atom is 0.340 e. The van der Waals surface area contributed by atoms with Crippen LogP contribution in [0, 0.1) is 0 Å². The number of aromatic hydroxyl groups is 30. The van der Waals surface area contributed by atoms with Crippen molar-refractivity contribution in [2.45, 2.75) is 60.9 Å². The van der Waals surface area contributed by atoms with Crippen LogP contribution in [0.3, 0.4) is 0 Å². The summed E-state index contributed by atoms with van der Waals surface area (Å²) in [6, 6.07) is 0.454. The van der Waals surface area contributed by atoms with Crippen molar-refractivity contribution in [2.75, 3.05) is 13.2 Å². The van der Waals surface area contributed by atoms with Crippen molar-refractivity contribution in [3.63, 3.8) is 0 Å². The average molecular weight is 1850 g/mol. The van der Waals surface area contributed by atoms with Crippen LogP contribution < -0.4 is 0 Å². The number of phenolic OH excluding ortho intramolecular Hbond substituents is 30. The van der Waals surface area contributed by atoms with E-state index in [0.717, 1.165) is 0 Å². The smallest absolute Gasteiger partial charge is 0.340 e. The quantitative estimate of drug-likeness (QED) is 0.0638. The van der Waals surface area contributed by atoms with Crippen LogP contribution in [0.25, 0.3) is 66.8 Å². The van der Waals surface area contributed by atoms with Gasteiger partial charge in [0.2, 0.25) is 57.5 Å². The number of fused-ring (bicyclic) bond motifs is 14. The molecule has 0 saturated heterocycles. The molecule has 0 aromatic heterocycles. The largest absolute Gasteiger partial charge is 0.504 e. The molecule has 684 valence electrons. The molecule has 20 rings (SSSR count). The standard InChI is InChI=1S/C82H50O51/c83-13-1-8-20(46(93)41(13)88)21-9(2-14(84)42(89)47(21)94)76(117)128-67-18(6-124-73(8)114)126-74(115)10-3-15(85)43(90)48(95)22(10)26-36-28(54(101)62(109)52(26)99)29-38-33(59(106)65(112)55(29)102)34(69(130-79(38)120)71(67)132-80(36)121)32-35-25(51(98)64(111)58(32)105)24-12(5-17(87)45(92)50(24)97)77(118)129-68-19(7-125-78(35)119)127-75(116)11-4-16(86)44(91)49(96)23(11)27-37-30(56(103)63(110)53(27)100)31-39-40(60(107)66(113)57(31)104)61(108)70(131-82(39)123)72(68)133-81(37)122/h1-5,18-19,34,61,67-72,83-113H,6-7H2/t18-,19-,34-,61-,67-,68-,69+,70+,71+,72+/m1/s1. The Balaban J connectivity index is 0.956. The van der Waals surface area contributed by atoms with Gasteiger partial charge in [-0.3, -0.25) is 0 Å². The molecule has 31 N–H and O–H groups in total. The second kappa shape index (κ2) is 28.4. The summed E-state index contributed by atoms with van der Waals surface area (Å²) in [7, 11) is 0. The zero-order chi connectivity index (χ0) is 96.3. The fourth-order valence-corrected chi connectivity index (χ4v) is 17.5. The molecule has 10 aromatic carbocycles. The zero-order valence-corrected chi connectivity index (χ0v) is 64.6. The predicted octanol–water partition coefficient (Wildman–Crippen LogP) is 3.05. The normalized spacial score (nSPS) is 20.8. The number of aliphatic hydroxyl groups is 1. The van der Waals surface area contributed by atoms with Gasteiger partial charge < -0.3 is 206 Å². The van der Waals surface area contributed by atoms with Crippen molar-refractivity contribution in [3.8, 4) is 239 Å². The molecule has 0 saturated carbocycles. The Hall–Kier alpha value is -19.1. The fraction of sp³-hybridized carbons (Fsp3) is 0.146. The molecule has 10 aliphatic heterocycles. The summed E-state index contributed by atoms with van der Waals surface area (Å²) in [4.78, 5) is 159. The first-order chi connectivity index (χ1) is 62.6. The lowest BCUT2D eigenvalue weighted by Gasteiger charge is -2.43. The average Bonchev–Trinajstić information content (AvgIpc) is 1.44. The number of hydrogen-bond donors (Lipinski definition) is 31. The van der Waals surface area contributed by atoms with Crippen molar-refractivity contribution in [2.24, 2.45) is 0 Å². The maximum absolute atomic E-state index is 16.8. The van der Waals surface area contributed by atoms with E-state index in [4.69, 9.17) is 47.4 Å². The minimum absolute atomic E-state index is 0.0437. The van der Waals surface area contributed by atoms with E-state index in [0.29, 0.717) is 0 Å². The number of cyclic esters (lactones) is 2. The van der Waals surface area contributed by atoms with E-state index >= 15 is 38.4 Å². The first-order valence-electron chi connectivity index (χ1n) is 37.2. The van der Waals surface area contributed by atoms with Gasteiger partial charge in [0.15, 0.2) is 164 Å². The number of benzene rings is 10. The number of carbonyl (C=O) groups excluding carboxylic acids is 10. The molecule has 133 heavy (non-hydrogen) atoms. The molecule has 10 atom stereocenters. The maximum atomic E-state index is 16.8. The van der Waals surface area contributed by atoms with Crippen LogP contribution in [-0.2, 0) is 47.4 Å². The Morgan fingerprint density at radius 1 is 0.180 bits per heavy atom. The number of aliphatic hydroxyl groups excluding tert-OH is 1. The van der Waals surface area contributed by atoms with Gasteiger partial charge in [-0.1, -0.05) is 0 Å². The predicted molar refractivity (Wildman–Crippen MR) is 409 cm³/mol. The summed E-state index contributed by atoms with van der Waals surface area (Å²) < 4.78 is 58.6. The first-order valence-corrected chi connectivity index (χ1v) is 37.2. The summed E-state index contributed by atoms with van der Waals surface area (Å²) in [5, 5.41) is 369. The lowest BCUT2D eigenvalue weighted by atomic mass is 9.72. The Morgan fingerprint density at radius 3 is 0.729 bits per heavy atom. The number of carbonyl (C=O) groups is 10. The molecule has 10 heterocycles. The van der Waals surface area contributed by atoms with Gasteiger partial charge in [0.25, 0.3) is 0 Å². The van der Waals surface area contributed by atoms with E-state index in [1.807, 2.05) is 0 Å². The van der Waals surface area contributed by atoms with Gasteiger partial charge in [-0.05, 0) is 30.3 Å². The summed E-state index contributed by atoms with van der Waals surface area (Å²) >= 11 is 0. The second-order valence-electron chi connectivity index (χ2n) is 30.3. The highest BCUT2D eigenvalue weighted by Crippen LogP contribution is 2.68. The Labute approximate surface area is 726 Å². The molecule has 10 aliphatic rings. The van der Waals surface area contributed by atoms with Gasteiger partial charge in [-0.2, -0.15) is 0 Å². The third kappa shape index (κ3) is 11.3. The number of rotatable bonds is 1. The summed E-state index contributed by atoms with van der Waals surface area (Å²) in [6.07, 6.45) is -30.1. The van der Waals surface area contributed by atoms with Gasteiger partial charge in [0.1, 0.15) is 19.3 Å². The molecule has 12 bridgehead atoms. The molecule has 51 heteroatoms. The minimum Gasteiger partial charge on any atom is -0.504 e. The summed E-state index contributed by atoms with van der Waals surface area (Å²) in [6.45, 7) is -4.22. The van der Waals surface area contributed by atoms with Gasteiger partial charge in [0, 0.05) is 83.5 Å². The number of ether oxygens (including phenoxy) is 10. The van der Waals surface area contributed by atoms with E-state index in [2.05, 4.69) is 0 Å². The van der Waals surface area contributed by atoms with E-state index in [-0.39, 0.29) is 30.3 Å². The topological polar surface area (TPSA) is 890 Å². The van der Waals surface area contributed by atoms with Gasteiger partial charge >= 0.3 is 59.7 Å². The number of esters is 10. The van der Waals surface area contributed by atoms with Crippen LogP contribution in [-0.4, -0.2) is 280 Å². The fourth-order valence-electron chi connectivity index (χ4n) is 17.5. The van der Waals surface area contributed by atoms with Crippen LogP contribution in [0.5, 0.6) is 172 Å².